The predicted molar refractivity (Wildman–Crippen MR) is 80.9 cm³/mol. The van der Waals surface area contributed by atoms with Crippen LogP contribution in [0.2, 0.25) is 0 Å². The van der Waals surface area contributed by atoms with E-state index in [1.165, 1.54) is 0 Å². The maximum absolute atomic E-state index is 9.78. The summed E-state index contributed by atoms with van der Waals surface area (Å²) in [4.78, 5) is 4.51. The molecule has 0 aliphatic heterocycles. The van der Waals surface area contributed by atoms with Crippen molar-refractivity contribution in [3.63, 3.8) is 0 Å². The molecule has 19 heavy (non-hydrogen) atoms. The Bertz CT molecular complexity index is 199. The molecular weight excluding hydrogens is 242 g/mol. The summed E-state index contributed by atoms with van der Waals surface area (Å²) in [6, 6.07) is 0.364. The van der Waals surface area contributed by atoms with E-state index in [0.717, 1.165) is 32.6 Å². The van der Waals surface area contributed by atoms with E-state index in [1.54, 1.807) is 0 Å². The smallest absolute Gasteiger partial charge is 0.0664 e. The first-order valence-corrected chi connectivity index (χ1v) is 7.33. The van der Waals surface area contributed by atoms with Crippen LogP contribution in [0.4, 0.5) is 0 Å². The zero-order valence-electron chi connectivity index (χ0n) is 12.6. The fourth-order valence-electron chi connectivity index (χ4n) is 2.24. The number of aliphatic hydroxyl groups is 1. The lowest BCUT2D eigenvalue weighted by molar-refractivity contribution is 0.0882. The van der Waals surface area contributed by atoms with E-state index in [2.05, 4.69) is 16.7 Å². The van der Waals surface area contributed by atoms with E-state index in [0.29, 0.717) is 32.2 Å². The molecule has 0 aliphatic rings. The van der Waals surface area contributed by atoms with Gasteiger partial charge in [0.25, 0.3) is 0 Å². The molecular formula is C13H33N5O. The van der Waals surface area contributed by atoms with E-state index in [-0.39, 0.29) is 6.10 Å². The van der Waals surface area contributed by atoms with E-state index in [1.807, 2.05) is 6.92 Å². The van der Waals surface area contributed by atoms with Crippen molar-refractivity contribution in [1.29, 1.82) is 0 Å². The highest BCUT2D eigenvalue weighted by Crippen LogP contribution is 2.03. The van der Waals surface area contributed by atoms with Gasteiger partial charge in [-0.05, 0) is 13.3 Å². The predicted octanol–water partition coefficient (Wildman–Crippen LogP) is -1.37. The summed E-state index contributed by atoms with van der Waals surface area (Å²) in [5.41, 5.74) is 16.9. The van der Waals surface area contributed by atoms with Crippen LogP contribution in [-0.4, -0.2) is 79.4 Å². The molecule has 0 heterocycles. The monoisotopic (exact) mass is 275 g/mol. The van der Waals surface area contributed by atoms with Crippen LogP contribution in [-0.2, 0) is 0 Å². The first-order chi connectivity index (χ1) is 9.08. The number of aliphatic hydroxyl groups excluding tert-OH is 1. The van der Waals surface area contributed by atoms with Crippen molar-refractivity contribution in [2.45, 2.75) is 32.4 Å². The molecule has 0 aromatic carbocycles. The third-order valence-electron chi connectivity index (χ3n) is 3.36. The second kappa shape index (κ2) is 11.6. The first-order valence-electron chi connectivity index (χ1n) is 7.33. The Kier molecular flexibility index (Phi) is 11.4. The summed E-state index contributed by atoms with van der Waals surface area (Å²) >= 11 is 0. The quantitative estimate of drug-likeness (QED) is 0.350. The van der Waals surface area contributed by atoms with E-state index >= 15 is 0 Å². The summed E-state index contributed by atoms with van der Waals surface area (Å²) in [7, 11) is 0. The lowest BCUT2D eigenvalue weighted by Crippen LogP contribution is -2.48. The molecule has 0 aromatic heterocycles. The molecule has 0 spiro atoms. The average Bonchev–Trinajstić information content (AvgIpc) is 2.38. The van der Waals surface area contributed by atoms with Gasteiger partial charge in [-0.1, -0.05) is 6.92 Å². The van der Waals surface area contributed by atoms with Gasteiger partial charge in [0, 0.05) is 58.4 Å². The number of hydrogen-bond donors (Lipinski definition) is 4. The minimum Gasteiger partial charge on any atom is -0.392 e. The Hall–Kier alpha value is -0.240. The van der Waals surface area contributed by atoms with Crippen LogP contribution < -0.4 is 17.2 Å². The molecule has 2 unspecified atom stereocenters. The van der Waals surface area contributed by atoms with Gasteiger partial charge in [0.1, 0.15) is 0 Å². The Balaban J connectivity index is 4.35. The van der Waals surface area contributed by atoms with E-state index in [4.69, 9.17) is 17.2 Å². The fourth-order valence-corrected chi connectivity index (χ4v) is 2.24. The van der Waals surface area contributed by atoms with Crippen LogP contribution in [0.15, 0.2) is 0 Å². The molecule has 0 aromatic rings. The Morgan fingerprint density at radius 1 is 0.947 bits per heavy atom. The zero-order valence-corrected chi connectivity index (χ0v) is 12.6. The maximum Gasteiger partial charge on any atom is 0.0664 e. The Morgan fingerprint density at radius 2 is 1.47 bits per heavy atom. The number of nitrogens with zero attached hydrogens (tertiary/aromatic N) is 2. The van der Waals surface area contributed by atoms with Gasteiger partial charge in [-0.15, -0.1) is 0 Å². The third kappa shape index (κ3) is 8.52. The number of nitrogens with two attached hydrogens (primary N) is 3. The van der Waals surface area contributed by atoms with E-state index in [9.17, 15) is 5.11 Å². The molecule has 6 heteroatoms. The molecule has 0 saturated carbocycles. The van der Waals surface area contributed by atoms with Crippen molar-refractivity contribution < 1.29 is 5.11 Å². The van der Waals surface area contributed by atoms with E-state index < -0.39 is 0 Å². The van der Waals surface area contributed by atoms with Gasteiger partial charge in [0.05, 0.1) is 6.10 Å². The minimum absolute atomic E-state index is 0.281. The standard InChI is InChI=1S/C13H33N5O/c1-3-13(19)11-17(7-4-14)10-12(2)18(8-5-15)9-6-16/h12-13,19H,3-11,14-16H2,1-2H3. The first kappa shape index (κ1) is 18.8. The molecule has 0 fully saturated rings. The van der Waals surface area contributed by atoms with Crippen molar-refractivity contribution in [3.05, 3.63) is 0 Å². The molecule has 0 aliphatic carbocycles. The van der Waals surface area contributed by atoms with Crippen molar-refractivity contribution in [1.82, 2.24) is 9.80 Å². The summed E-state index contributed by atoms with van der Waals surface area (Å²) in [5.74, 6) is 0. The average molecular weight is 275 g/mol. The van der Waals surface area contributed by atoms with Gasteiger partial charge in [0.15, 0.2) is 0 Å². The molecule has 0 rings (SSSR count). The van der Waals surface area contributed by atoms with Crippen LogP contribution in [0.1, 0.15) is 20.3 Å². The highest BCUT2D eigenvalue weighted by atomic mass is 16.3. The van der Waals surface area contributed by atoms with Crippen molar-refractivity contribution in [2.75, 3.05) is 52.4 Å². The van der Waals surface area contributed by atoms with Crippen molar-refractivity contribution in [2.24, 2.45) is 17.2 Å². The lowest BCUT2D eigenvalue weighted by atomic mass is 10.2. The molecule has 7 N–H and O–H groups in total. The minimum atomic E-state index is -0.281. The van der Waals surface area contributed by atoms with Crippen LogP contribution in [0.5, 0.6) is 0 Å². The lowest BCUT2D eigenvalue weighted by Gasteiger charge is -2.33. The summed E-state index contributed by atoms with van der Waals surface area (Å²) < 4.78 is 0. The van der Waals surface area contributed by atoms with Crippen LogP contribution in [0, 0.1) is 0 Å². The highest BCUT2D eigenvalue weighted by Gasteiger charge is 2.17. The maximum atomic E-state index is 9.78. The normalized spacial score (nSPS) is 15.2. The Labute approximate surface area is 117 Å². The van der Waals surface area contributed by atoms with Gasteiger partial charge in [-0.25, -0.2) is 0 Å². The van der Waals surface area contributed by atoms with Gasteiger partial charge >= 0.3 is 0 Å². The molecule has 2 atom stereocenters. The van der Waals surface area contributed by atoms with Gasteiger partial charge in [-0.2, -0.15) is 0 Å². The van der Waals surface area contributed by atoms with Gasteiger partial charge < -0.3 is 22.3 Å². The van der Waals surface area contributed by atoms with Gasteiger partial charge in [0.2, 0.25) is 0 Å². The fraction of sp³-hybridized carbons (Fsp3) is 1.00. The zero-order chi connectivity index (χ0) is 14.7. The topological polar surface area (TPSA) is 105 Å². The van der Waals surface area contributed by atoms with Crippen LogP contribution in [0.3, 0.4) is 0 Å². The van der Waals surface area contributed by atoms with Crippen LogP contribution >= 0.6 is 0 Å². The van der Waals surface area contributed by atoms with Gasteiger partial charge in [-0.3, -0.25) is 9.80 Å². The molecule has 0 radical (unpaired) electrons. The molecule has 116 valence electrons. The molecule has 6 nitrogen and oxygen atoms in total. The highest BCUT2D eigenvalue weighted by molar-refractivity contribution is 4.74. The van der Waals surface area contributed by atoms with Crippen LogP contribution in [0.25, 0.3) is 0 Å². The third-order valence-corrected chi connectivity index (χ3v) is 3.36. The summed E-state index contributed by atoms with van der Waals surface area (Å²) in [5, 5.41) is 9.78. The molecule has 0 saturated heterocycles. The Morgan fingerprint density at radius 3 is 1.89 bits per heavy atom. The second-order valence-corrected chi connectivity index (χ2v) is 5.07. The van der Waals surface area contributed by atoms with Crippen molar-refractivity contribution >= 4 is 0 Å². The summed E-state index contributed by atoms with van der Waals surface area (Å²) in [6.45, 7) is 10.1. The molecule has 0 amide bonds. The SMILES string of the molecule is CCC(O)CN(CCN)CC(C)N(CCN)CCN. The number of hydrogen-bond acceptors (Lipinski definition) is 6. The molecule has 0 bridgehead atoms. The summed E-state index contributed by atoms with van der Waals surface area (Å²) in [6.07, 6.45) is 0.487. The largest absolute Gasteiger partial charge is 0.392 e. The van der Waals surface area contributed by atoms with Crippen molar-refractivity contribution in [3.8, 4) is 0 Å². The number of rotatable bonds is 12. The second-order valence-electron chi connectivity index (χ2n) is 5.07.